The molecule has 0 bridgehead atoms. The highest BCUT2D eigenvalue weighted by Crippen LogP contribution is 2.27. The molecule has 0 aliphatic heterocycles. The van der Waals surface area contributed by atoms with E-state index < -0.39 is 23.3 Å². The van der Waals surface area contributed by atoms with Crippen molar-refractivity contribution in [2.45, 2.75) is 52.3 Å². The maximum Gasteiger partial charge on any atom is 0.407 e. The summed E-state index contributed by atoms with van der Waals surface area (Å²) in [5, 5.41) is 6.05. The number of anilines is 3. The van der Waals surface area contributed by atoms with Crippen LogP contribution in [0.1, 0.15) is 38.8 Å². The molecule has 0 radical (unpaired) electrons. The number of hydrogen-bond donors (Lipinski definition) is 2. The molecule has 1 amide bonds. The molecule has 0 fully saturated rings. The van der Waals surface area contributed by atoms with Gasteiger partial charge >= 0.3 is 6.09 Å². The first-order valence-electron chi connectivity index (χ1n) is 13.1. The number of halogens is 2. The minimum atomic E-state index is -0.671. The third-order valence-electron chi connectivity index (χ3n) is 5.89. The van der Waals surface area contributed by atoms with Crippen LogP contribution in [-0.2, 0) is 17.7 Å². The first-order valence-corrected chi connectivity index (χ1v) is 13.1. The van der Waals surface area contributed by atoms with Gasteiger partial charge in [-0.05, 0) is 63.4 Å². The summed E-state index contributed by atoms with van der Waals surface area (Å²) in [6.45, 7) is 7.79. The van der Waals surface area contributed by atoms with Crippen LogP contribution in [0.5, 0.6) is 0 Å². The number of benzene rings is 2. The fraction of sp³-hybridized carbons (Fsp3) is 0.300. The number of nitrogens with one attached hydrogen (secondary N) is 2. The number of hydrogen-bond acceptors (Lipinski definition) is 8. The lowest BCUT2D eigenvalue weighted by Crippen LogP contribution is -2.32. The Labute approximate surface area is 238 Å². The molecular formula is C30H33F2N7O2. The van der Waals surface area contributed by atoms with Crippen LogP contribution < -0.4 is 15.5 Å². The van der Waals surface area contributed by atoms with Crippen molar-refractivity contribution < 1.29 is 18.3 Å². The fourth-order valence-corrected chi connectivity index (χ4v) is 4.06. The molecule has 9 nitrogen and oxygen atoms in total. The Bertz CT molecular complexity index is 1510. The van der Waals surface area contributed by atoms with Crippen LogP contribution in [0.4, 0.5) is 31.2 Å². The summed E-state index contributed by atoms with van der Waals surface area (Å²) in [7, 11) is 1.61. The SMILES string of the molecule is C[C@@H](Cc1cccc(CNC(=O)OC(C)(C)C)c1)Nc1nccc(N(C)c2nc(-c3ccccc3F)ncc2F)n1. The molecule has 41 heavy (non-hydrogen) atoms. The van der Waals surface area contributed by atoms with E-state index >= 15 is 0 Å². The Balaban J connectivity index is 1.41. The van der Waals surface area contributed by atoms with Crippen molar-refractivity contribution in [2.24, 2.45) is 0 Å². The van der Waals surface area contributed by atoms with E-state index in [0.29, 0.717) is 24.7 Å². The molecule has 0 aliphatic carbocycles. The zero-order chi connectivity index (χ0) is 29.6. The van der Waals surface area contributed by atoms with Gasteiger partial charge in [0.25, 0.3) is 0 Å². The van der Waals surface area contributed by atoms with Crippen LogP contribution in [0.2, 0.25) is 0 Å². The highest BCUT2D eigenvalue weighted by molar-refractivity contribution is 5.67. The minimum Gasteiger partial charge on any atom is -0.444 e. The summed E-state index contributed by atoms with van der Waals surface area (Å²) >= 11 is 0. The third-order valence-corrected chi connectivity index (χ3v) is 5.89. The first-order chi connectivity index (χ1) is 19.5. The summed E-state index contributed by atoms with van der Waals surface area (Å²) in [6.07, 6.45) is 2.77. The zero-order valence-electron chi connectivity index (χ0n) is 23.7. The quantitative estimate of drug-likeness (QED) is 0.255. The Morgan fingerprint density at radius 2 is 1.76 bits per heavy atom. The molecule has 0 saturated heterocycles. The van der Waals surface area contributed by atoms with E-state index in [1.807, 2.05) is 52.0 Å². The lowest BCUT2D eigenvalue weighted by Gasteiger charge is -2.20. The maximum absolute atomic E-state index is 14.7. The number of amides is 1. The molecule has 2 N–H and O–H groups in total. The molecule has 2 heterocycles. The molecular weight excluding hydrogens is 528 g/mol. The van der Waals surface area contributed by atoms with Crippen molar-refractivity contribution in [3.05, 3.63) is 89.8 Å². The van der Waals surface area contributed by atoms with Gasteiger partial charge in [0.1, 0.15) is 17.2 Å². The molecule has 1 atom stereocenters. The highest BCUT2D eigenvalue weighted by Gasteiger charge is 2.18. The number of nitrogens with zero attached hydrogens (tertiary/aromatic N) is 5. The predicted octanol–water partition coefficient (Wildman–Crippen LogP) is 6.05. The standard InChI is InChI=1S/C30H33F2N7O2/c1-19(15-20-9-8-10-21(16-20)17-35-29(40)41-30(2,3)4)36-28-33-14-13-25(37-28)39(5)27-24(32)18-34-26(38-27)22-11-6-7-12-23(22)31/h6-14,16,18-19H,15,17H2,1-5H3,(H,35,40)(H,33,36,37)/t19-/m0/s1. The van der Waals surface area contributed by atoms with Gasteiger partial charge in [0.05, 0.1) is 11.8 Å². The molecule has 11 heteroatoms. The number of carbonyl (C=O) groups is 1. The summed E-state index contributed by atoms with van der Waals surface area (Å²) < 4.78 is 34.3. The highest BCUT2D eigenvalue weighted by atomic mass is 19.1. The van der Waals surface area contributed by atoms with Gasteiger partial charge in [-0.25, -0.2) is 28.5 Å². The first kappa shape index (κ1) is 29.3. The van der Waals surface area contributed by atoms with Gasteiger partial charge in [-0.15, -0.1) is 0 Å². The van der Waals surface area contributed by atoms with E-state index in [-0.39, 0.29) is 23.2 Å². The number of carbonyl (C=O) groups excluding carboxylic acids is 1. The molecule has 0 spiro atoms. The molecule has 2 aromatic heterocycles. The van der Waals surface area contributed by atoms with E-state index in [1.54, 1.807) is 31.4 Å². The summed E-state index contributed by atoms with van der Waals surface area (Å²) in [6, 6.07) is 15.5. The van der Waals surface area contributed by atoms with E-state index in [0.717, 1.165) is 17.3 Å². The number of ether oxygens (including phenoxy) is 1. The zero-order valence-corrected chi connectivity index (χ0v) is 23.7. The van der Waals surface area contributed by atoms with E-state index in [1.165, 1.54) is 17.0 Å². The average Bonchev–Trinajstić information content (AvgIpc) is 2.91. The van der Waals surface area contributed by atoms with Crippen LogP contribution in [-0.4, -0.2) is 44.7 Å². The second kappa shape index (κ2) is 12.7. The Hall–Kier alpha value is -4.67. The second-order valence-electron chi connectivity index (χ2n) is 10.6. The smallest absolute Gasteiger partial charge is 0.407 e. The van der Waals surface area contributed by atoms with E-state index in [4.69, 9.17) is 4.74 Å². The lowest BCUT2D eigenvalue weighted by atomic mass is 10.0. The largest absolute Gasteiger partial charge is 0.444 e. The fourth-order valence-electron chi connectivity index (χ4n) is 4.06. The molecule has 214 valence electrons. The van der Waals surface area contributed by atoms with Crippen molar-refractivity contribution in [2.75, 3.05) is 17.3 Å². The van der Waals surface area contributed by atoms with Gasteiger partial charge in [-0.3, -0.25) is 0 Å². The Morgan fingerprint density at radius 3 is 2.51 bits per heavy atom. The predicted molar refractivity (Wildman–Crippen MR) is 154 cm³/mol. The van der Waals surface area contributed by atoms with Crippen LogP contribution in [0, 0.1) is 11.6 Å². The van der Waals surface area contributed by atoms with Gasteiger partial charge in [0.2, 0.25) is 5.95 Å². The van der Waals surface area contributed by atoms with Crippen molar-refractivity contribution in [3.63, 3.8) is 0 Å². The van der Waals surface area contributed by atoms with Crippen molar-refractivity contribution >= 4 is 23.7 Å². The molecule has 4 rings (SSSR count). The van der Waals surface area contributed by atoms with E-state index in [9.17, 15) is 13.6 Å². The summed E-state index contributed by atoms with van der Waals surface area (Å²) in [5.41, 5.74) is 1.62. The monoisotopic (exact) mass is 561 g/mol. The Morgan fingerprint density at radius 1 is 1.00 bits per heavy atom. The minimum absolute atomic E-state index is 0.0481. The molecule has 0 unspecified atom stereocenters. The topological polar surface area (TPSA) is 105 Å². The van der Waals surface area contributed by atoms with Crippen LogP contribution >= 0.6 is 0 Å². The summed E-state index contributed by atoms with van der Waals surface area (Å²) in [5.74, 6) is -0.408. The van der Waals surface area contributed by atoms with Crippen LogP contribution in [0.25, 0.3) is 11.4 Å². The van der Waals surface area contributed by atoms with Crippen LogP contribution in [0.15, 0.2) is 67.0 Å². The van der Waals surface area contributed by atoms with Crippen molar-refractivity contribution in [1.29, 1.82) is 0 Å². The van der Waals surface area contributed by atoms with E-state index in [2.05, 4.69) is 30.6 Å². The Kier molecular flexibility index (Phi) is 9.06. The number of alkyl carbamates (subject to hydrolysis) is 1. The van der Waals surface area contributed by atoms with Crippen molar-refractivity contribution in [1.82, 2.24) is 25.3 Å². The average molecular weight is 562 g/mol. The second-order valence-corrected chi connectivity index (χ2v) is 10.6. The number of aromatic nitrogens is 4. The van der Waals surface area contributed by atoms with Gasteiger partial charge < -0.3 is 20.3 Å². The van der Waals surface area contributed by atoms with Crippen LogP contribution in [0.3, 0.4) is 0 Å². The maximum atomic E-state index is 14.7. The van der Waals surface area contributed by atoms with Gasteiger partial charge in [-0.1, -0.05) is 36.4 Å². The third kappa shape index (κ3) is 8.17. The van der Waals surface area contributed by atoms with Gasteiger partial charge in [0.15, 0.2) is 17.5 Å². The lowest BCUT2D eigenvalue weighted by molar-refractivity contribution is 0.0523. The van der Waals surface area contributed by atoms with Gasteiger partial charge in [-0.2, -0.15) is 4.98 Å². The number of rotatable bonds is 9. The molecule has 4 aromatic rings. The molecule has 0 aliphatic rings. The molecule has 2 aromatic carbocycles. The summed E-state index contributed by atoms with van der Waals surface area (Å²) in [4.78, 5) is 30.5. The van der Waals surface area contributed by atoms with Crippen molar-refractivity contribution in [3.8, 4) is 11.4 Å². The normalized spacial score (nSPS) is 12.0. The van der Waals surface area contributed by atoms with Gasteiger partial charge in [0, 0.05) is 25.8 Å². The molecule has 0 saturated carbocycles.